The molecule has 0 heterocycles. The second-order valence-corrected chi connectivity index (χ2v) is 6.32. The van der Waals surface area contributed by atoms with Gasteiger partial charge in [-0.1, -0.05) is 0 Å². The number of nitrogen functional groups attached to an aromatic ring is 1. The van der Waals surface area contributed by atoms with E-state index in [1.54, 1.807) is 18.0 Å². The SMILES string of the molecule is CCNC(=O)CN(C)c1ccc(S(C)(=O)=O)cc1N. The van der Waals surface area contributed by atoms with Crippen molar-refractivity contribution in [2.45, 2.75) is 11.8 Å². The van der Waals surface area contributed by atoms with Gasteiger partial charge in [0.05, 0.1) is 22.8 Å². The van der Waals surface area contributed by atoms with Gasteiger partial charge >= 0.3 is 0 Å². The van der Waals surface area contributed by atoms with Gasteiger partial charge in [-0.15, -0.1) is 0 Å². The van der Waals surface area contributed by atoms with Gasteiger partial charge in [-0.3, -0.25) is 4.79 Å². The molecule has 0 saturated heterocycles. The van der Waals surface area contributed by atoms with Crippen LogP contribution in [0.4, 0.5) is 11.4 Å². The first-order valence-electron chi connectivity index (χ1n) is 5.83. The lowest BCUT2D eigenvalue weighted by Gasteiger charge is -2.20. The molecule has 3 N–H and O–H groups in total. The van der Waals surface area contributed by atoms with Gasteiger partial charge in [-0.25, -0.2) is 8.42 Å². The third kappa shape index (κ3) is 4.13. The number of amides is 1. The minimum Gasteiger partial charge on any atom is -0.397 e. The van der Waals surface area contributed by atoms with E-state index in [0.717, 1.165) is 6.26 Å². The van der Waals surface area contributed by atoms with Crippen molar-refractivity contribution >= 4 is 27.1 Å². The van der Waals surface area contributed by atoms with Gasteiger partial charge in [0, 0.05) is 19.8 Å². The minimum atomic E-state index is -3.28. The van der Waals surface area contributed by atoms with Gasteiger partial charge in [0.15, 0.2) is 9.84 Å². The Kier molecular flexibility index (Phi) is 4.77. The van der Waals surface area contributed by atoms with Crippen molar-refractivity contribution < 1.29 is 13.2 Å². The van der Waals surface area contributed by atoms with Crippen LogP contribution in [0, 0.1) is 0 Å². The van der Waals surface area contributed by atoms with Gasteiger partial charge in [-0.2, -0.15) is 0 Å². The van der Waals surface area contributed by atoms with Gasteiger partial charge in [-0.05, 0) is 25.1 Å². The number of carbonyl (C=O) groups is 1. The third-order valence-corrected chi connectivity index (χ3v) is 3.70. The topological polar surface area (TPSA) is 92.5 Å². The molecule has 0 aliphatic heterocycles. The first-order valence-corrected chi connectivity index (χ1v) is 7.72. The first kappa shape index (κ1) is 15.3. The number of hydrogen-bond acceptors (Lipinski definition) is 5. The van der Waals surface area contributed by atoms with Crippen LogP contribution in [-0.4, -0.2) is 40.7 Å². The molecule has 106 valence electrons. The fourth-order valence-corrected chi connectivity index (χ4v) is 2.32. The lowest BCUT2D eigenvalue weighted by atomic mass is 10.2. The summed E-state index contributed by atoms with van der Waals surface area (Å²) < 4.78 is 22.8. The molecule has 7 heteroatoms. The van der Waals surface area contributed by atoms with Crippen LogP contribution in [0.25, 0.3) is 0 Å². The highest BCUT2D eigenvalue weighted by Crippen LogP contribution is 2.25. The van der Waals surface area contributed by atoms with Crippen molar-refractivity contribution in [3.05, 3.63) is 18.2 Å². The maximum atomic E-state index is 11.5. The maximum Gasteiger partial charge on any atom is 0.239 e. The Balaban J connectivity index is 2.94. The zero-order chi connectivity index (χ0) is 14.6. The fourth-order valence-electron chi connectivity index (χ4n) is 1.66. The summed E-state index contributed by atoms with van der Waals surface area (Å²) in [5.41, 5.74) is 6.78. The summed E-state index contributed by atoms with van der Waals surface area (Å²) in [6, 6.07) is 4.49. The largest absolute Gasteiger partial charge is 0.397 e. The predicted octanol–water partition coefficient (Wildman–Crippen LogP) is 0.245. The molecule has 1 amide bonds. The Hall–Kier alpha value is -1.76. The van der Waals surface area contributed by atoms with E-state index in [4.69, 9.17) is 5.73 Å². The average Bonchev–Trinajstić information content (AvgIpc) is 2.27. The molecule has 19 heavy (non-hydrogen) atoms. The Morgan fingerprint density at radius 3 is 2.53 bits per heavy atom. The normalized spacial score (nSPS) is 11.1. The lowest BCUT2D eigenvalue weighted by molar-refractivity contribution is -0.119. The summed E-state index contributed by atoms with van der Waals surface area (Å²) in [6.07, 6.45) is 1.12. The highest BCUT2D eigenvalue weighted by Gasteiger charge is 2.13. The second kappa shape index (κ2) is 5.92. The molecule has 0 atom stereocenters. The van der Waals surface area contributed by atoms with E-state index in [9.17, 15) is 13.2 Å². The van der Waals surface area contributed by atoms with E-state index in [1.807, 2.05) is 6.92 Å². The number of rotatable bonds is 5. The molecule has 0 bridgehead atoms. The number of nitrogens with one attached hydrogen (secondary N) is 1. The van der Waals surface area contributed by atoms with Gasteiger partial charge < -0.3 is 16.0 Å². The molecule has 0 aromatic heterocycles. The van der Waals surface area contributed by atoms with E-state index in [-0.39, 0.29) is 17.3 Å². The Morgan fingerprint density at radius 2 is 2.05 bits per heavy atom. The molecule has 0 spiro atoms. The number of nitrogens with two attached hydrogens (primary N) is 1. The molecule has 0 fully saturated rings. The quantitative estimate of drug-likeness (QED) is 0.756. The molecule has 1 aromatic carbocycles. The minimum absolute atomic E-state index is 0.114. The van der Waals surface area contributed by atoms with Crippen LogP contribution < -0.4 is 16.0 Å². The van der Waals surface area contributed by atoms with E-state index < -0.39 is 9.84 Å². The molecule has 0 saturated carbocycles. The Morgan fingerprint density at radius 1 is 1.42 bits per heavy atom. The van der Waals surface area contributed by atoms with Crippen LogP contribution in [0.5, 0.6) is 0 Å². The summed E-state index contributed by atoms with van der Waals surface area (Å²) in [5.74, 6) is -0.114. The van der Waals surface area contributed by atoms with Crippen molar-refractivity contribution in [2.75, 3.05) is 37.0 Å². The molecule has 0 aliphatic rings. The number of likely N-dealkylation sites (N-methyl/N-ethyl adjacent to an activating group) is 2. The number of sulfone groups is 1. The van der Waals surface area contributed by atoms with Crippen LogP contribution in [-0.2, 0) is 14.6 Å². The number of hydrogen-bond donors (Lipinski definition) is 2. The number of anilines is 2. The Labute approximate surface area is 113 Å². The second-order valence-electron chi connectivity index (χ2n) is 4.30. The smallest absolute Gasteiger partial charge is 0.239 e. The van der Waals surface area contributed by atoms with E-state index >= 15 is 0 Å². The van der Waals surface area contributed by atoms with Crippen LogP contribution in [0.2, 0.25) is 0 Å². The summed E-state index contributed by atoms with van der Waals surface area (Å²) in [6.45, 7) is 2.57. The Bertz CT molecular complexity index is 570. The van der Waals surface area contributed by atoms with Crippen molar-refractivity contribution in [2.24, 2.45) is 0 Å². The molecule has 1 aromatic rings. The molecule has 0 radical (unpaired) electrons. The van der Waals surface area contributed by atoms with Gasteiger partial charge in [0.1, 0.15) is 0 Å². The molecule has 0 aliphatic carbocycles. The highest BCUT2D eigenvalue weighted by molar-refractivity contribution is 7.90. The van der Waals surface area contributed by atoms with Crippen LogP contribution >= 0.6 is 0 Å². The summed E-state index contributed by atoms with van der Waals surface area (Å²) in [4.78, 5) is 13.3. The molecule has 0 unspecified atom stereocenters. The van der Waals surface area contributed by atoms with Crippen LogP contribution in [0.15, 0.2) is 23.1 Å². The van der Waals surface area contributed by atoms with Crippen molar-refractivity contribution in [3.63, 3.8) is 0 Å². The van der Waals surface area contributed by atoms with Crippen LogP contribution in [0.1, 0.15) is 6.92 Å². The molecular weight excluding hydrogens is 266 g/mol. The predicted molar refractivity (Wildman–Crippen MR) is 75.9 cm³/mol. The van der Waals surface area contributed by atoms with Crippen molar-refractivity contribution in [1.29, 1.82) is 0 Å². The van der Waals surface area contributed by atoms with E-state index in [1.165, 1.54) is 12.1 Å². The van der Waals surface area contributed by atoms with Crippen molar-refractivity contribution in [1.82, 2.24) is 5.32 Å². The van der Waals surface area contributed by atoms with E-state index in [2.05, 4.69) is 5.32 Å². The highest BCUT2D eigenvalue weighted by atomic mass is 32.2. The number of nitrogens with zero attached hydrogens (tertiary/aromatic N) is 1. The monoisotopic (exact) mass is 285 g/mol. The molecular formula is C12H19N3O3S. The van der Waals surface area contributed by atoms with Gasteiger partial charge in [0.2, 0.25) is 5.91 Å². The number of benzene rings is 1. The third-order valence-electron chi connectivity index (χ3n) is 2.59. The maximum absolute atomic E-state index is 11.5. The first-order chi connectivity index (χ1) is 8.75. The summed E-state index contributed by atoms with van der Waals surface area (Å²) in [5, 5.41) is 2.68. The zero-order valence-electron chi connectivity index (χ0n) is 11.3. The summed E-state index contributed by atoms with van der Waals surface area (Å²) >= 11 is 0. The summed E-state index contributed by atoms with van der Waals surface area (Å²) in [7, 11) is -1.55. The fraction of sp³-hybridized carbons (Fsp3) is 0.417. The lowest BCUT2D eigenvalue weighted by Crippen LogP contribution is -2.35. The standard InChI is InChI=1S/C12H19N3O3S/c1-4-14-12(16)8-15(2)11-6-5-9(7-10(11)13)19(3,17)18/h5-7H,4,8,13H2,1-3H3,(H,14,16). The van der Waals surface area contributed by atoms with E-state index in [0.29, 0.717) is 17.9 Å². The zero-order valence-corrected chi connectivity index (χ0v) is 12.1. The molecule has 1 rings (SSSR count). The number of carbonyl (C=O) groups excluding carboxylic acids is 1. The van der Waals surface area contributed by atoms with Crippen LogP contribution in [0.3, 0.4) is 0 Å². The average molecular weight is 285 g/mol. The van der Waals surface area contributed by atoms with Crippen molar-refractivity contribution in [3.8, 4) is 0 Å². The van der Waals surface area contributed by atoms with Gasteiger partial charge in [0.25, 0.3) is 0 Å². The molecule has 6 nitrogen and oxygen atoms in total.